The van der Waals surface area contributed by atoms with Crippen LogP contribution in [-0.4, -0.2) is 10.7 Å². The van der Waals surface area contributed by atoms with E-state index in [1.165, 1.54) is 51.4 Å². The molecule has 4 atom stereocenters. The second-order valence-electron chi connectivity index (χ2n) is 8.97. The fraction of sp³-hybridized carbons (Fsp3) is 0.905. The minimum atomic E-state index is -0.496. The molecule has 22 heavy (non-hydrogen) atoms. The molecule has 2 aliphatic rings. The van der Waals surface area contributed by atoms with Crippen molar-refractivity contribution < 1.29 is 5.11 Å². The summed E-state index contributed by atoms with van der Waals surface area (Å²) in [5.41, 5.74) is 1.83. The first-order valence-electron chi connectivity index (χ1n) is 9.69. The molecule has 1 N–H and O–H groups in total. The van der Waals surface area contributed by atoms with Crippen LogP contribution in [0.4, 0.5) is 0 Å². The Kier molecular flexibility index (Phi) is 5.80. The Hall–Kier alpha value is -0.300. The number of aliphatic hydroxyl groups is 1. The lowest BCUT2D eigenvalue weighted by Crippen LogP contribution is -2.36. The maximum Gasteiger partial charge on any atom is 0.0591 e. The number of fused-ring (bicyclic) bond motifs is 1. The first kappa shape index (κ1) is 18.0. The topological polar surface area (TPSA) is 20.2 Å². The van der Waals surface area contributed by atoms with Gasteiger partial charge in [-0.05, 0) is 82.0 Å². The second-order valence-corrected chi connectivity index (χ2v) is 8.97. The lowest BCUT2D eigenvalue weighted by atomic mass is 9.60. The highest BCUT2D eigenvalue weighted by molar-refractivity contribution is 5.18. The van der Waals surface area contributed by atoms with Crippen LogP contribution < -0.4 is 0 Å². The fourth-order valence-corrected chi connectivity index (χ4v) is 5.58. The molecule has 0 radical (unpaired) electrons. The van der Waals surface area contributed by atoms with Gasteiger partial charge in [0.25, 0.3) is 0 Å². The Labute approximate surface area is 138 Å². The largest absolute Gasteiger partial charge is 0.390 e. The third-order valence-corrected chi connectivity index (χ3v) is 6.64. The van der Waals surface area contributed by atoms with Crippen LogP contribution in [0.2, 0.25) is 0 Å². The molecule has 2 fully saturated rings. The zero-order valence-electron chi connectivity index (χ0n) is 15.6. The molecule has 2 saturated carbocycles. The van der Waals surface area contributed by atoms with E-state index in [0.29, 0.717) is 5.41 Å². The molecular weight excluding hydrogens is 268 g/mol. The number of hydrogen-bond acceptors (Lipinski definition) is 1. The van der Waals surface area contributed by atoms with Crippen LogP contribution >= 0.6 is 0 Å². The summed E-state index contributed by atoms with van der Waals surface area (Å²) in [6.07, 6.45) is 14.1. The van der Waals surface area contributed by atoms with Gasteiger partial charge in [-0.2, -0.15) is 0 Å². The van der Waals surface area contributed by atoms with Crippen LogP contribution in [0.5, 0.6) is 0 Å². The van der Waals surface area contributed by atoms with E-state index in [1.54, 1.807) is 5.57 Å². The maximum absolute atomic E-state index is 9.92. The van der Waals surface area contributed by atoms with Gasteiger partial charge in [0.2, 0.25) is 0 Å². The summed E-state index contributed by atoms with van der Waals surface area (Å²) in [7, 11) is 0. The third-order valence-electron chi connectivity index (χ3n) is 6.64. The maximum atomic E-state index is 9.92. The molecule has 0 bridgehead atoms. The van der Waals surface area contributed by atoms with Gasteiger partial charge in [-0.1, -0.05) is 45.3 Å². The zero-order chi connectivity index (χ0) is 16.4. The van der Waals surface area contributed by atoms with Gasteiger partial charge in [-0.3, -0.25) is 0 Å². The summed E-state index contributed by atoms with van der Waals surface area (Å²) in [6.45, 7) is 11.2. The summed E-state index contributed by atoms with van der Waals surface area (Å²) in [5.74, 6) is 2.56. The molecule has 2 aliphatic carbocycles. The van der Waals surface area contributed by atoms with E-state index in [4.69, 9.17) is 0 Å². The standard InChI is InChI=1S/C21H38O/c1-6-9-17-11-8-15-21(5)18(12-13-19(17)21)16(2)10-7-14-20(3,4)22/h9,16,18-19,22H,6-8,10-15H2,1-5H3/b17-9+/t16-,18-,19+,21-/m1/s1. The molecule has 0 aliphatic heterocycles. The van der Waals surface area contributed by atoms with Crippen molar-refractivity contribution in [1.29, 1.82) is 0 Å². The quantitative estimate of drug-likeness (QED) is 0.586. The van der Waals surface area contributed by atoms with Crippen LogP contribution in [0.1, 0.15) is 92.4 Å². The van der Waals surface area contributed by atoms with Crippen molar-refractivity contribution in [2.75, 3.05) is 0 Å². The van der Waals surface area contributed by atoms with Crippen molar-refractivity contribution in [1.82, 2.24) is 0 Å². The lowest BCUT2D eigenvalue weighted by Gasteiger charge is -2.44. The van der Waals surface area contributed by atoms with Crippen LogP contribution in [0.15, 0.2) is 11.6 Å². The normalized spacial score (nSPS) is 35.6. The number of rotatable bonds is 6. The van der Waals surface area contributed by atoms with E-state index < -0.39 is 5.60 Å². The predicted octanol–water partition coefficient (Wildman–Crippen LogP) is 6.12. The van der Waals surface area contributed by atoms with Crippen molar-refractivity contribution in [2.45, 2.75) is 98.0 Å². The molecule has 1 nitrogen and oxygen atoms in total. The lowest BCUT2D eigenvalue weighted by molar-refractivity contribution is 0.0596. The molecule has 0 amide bonds. The van der Waals surface area contributed by atoms with Crippen molar-refractivity contribution >= 4 is 0 Å². The molecule has 1 heteroatoms. The molecule has 0 heterocycles. The van der Waals surface area contributed by atoms with E-state index >= 15 is 0 Å². The second kappa shape index (κ2) is 7.07. The summed E-state index contributed by atoms with van der Waals surface area (Å²) in [6, 6.07) is 0. The van der Waals surface area contributed by atoms with E-state index in [-0.39, 0.29) is 0 Å². The molecule has 0 aromatic carbocycles. The van der Waals surface area contributed by atoms with Gasteiger partial charge in [-0.15, -0.1) is 0 Å². The van der Waals surface area contributed by atoms with Gasteiger partial charge in [-0.25, -0.2) is 0 Å². The highest BCUT2D eigenvalue weighted by atomic mass is 16.3. The molecular formula is C21H38O. The van der Waals surface area contributed by atoms with Crippen molar-refractivity contribution in [2.24, 2.45) is 23.2 Å². The third kappa shape index (κ3) is 3.96. The van der Waals surface area contributed by atoms with Crippen LogP contribution in [0, 0.1) is 23.2 Å². The number of hydrogen-bond donors (Lipinski definition) is 1. The zero-order valence-corrected chi connectivity index (χ0v) is 15.6. The van der Waals surface area contributed by atoms with Gasteiger partial charge >= 0.3 is 0 Å². The molecule has 0 saturated heterocycles. The Morgan fingerprint density at radius 1 is 1.36 bits per heavy atom. The Morgan fingerprint density at radius 2 is 2.09 bits per heavy atom. The predicted molar refractivity (Wildman–Crippen MR) is 95.9 cm³/mol. The van der Waals surface area contributed by atoms with E-state index in [2.05, 4.69) is 26.8 Å². The Bertz CT molecular complexity index is 389. The van der Waals surface area contributed by atoms with Crippen molar-refractivity contribution in [3.05, 3.63) is 11.6 Å². The first-order chi connectivity index (χ1) is 10.3. The van der Waals surface area contributed by atoms with Gasteiger partial charge in [0.1, 0.15) is 0 Å². The molecule has 0 unspecified atom stereocenters. The van der Waals surface area contributed by atoms with E-state index in [0.717, 1.165) is 24.2 Å². The van der Waals surface area contributed by atoms with Crippen molar-refractivity contribution in [3.8, 4) is 0 Å². The van der Waals surface area contributed by atoms with Crippen LogP contribution in [0.3, 0.4) is 0 Å². The summed E-state index contributed by atoms with van der Waals surface area (Å²) >= 11 is 0. The molecule has 2 rings (SSSR count). The van der Waals surface area contributed by atoms with E-state index in [9.17, 15) is 5.11 Å². The highest BCUT2D eigenvalue weighted by Crippen LogP contribution is 2.59. The smallest absolute Gasteiger partial charge is 0.0591 e. The fourth-order valence-electron chi connectivity index (χ4n) is 5.58. The first-order valence-corrected chi connectivity index (χ1v) is 9.69. The Morgan fingerprint density at radius 3 is 2.73 bits per heavy atom. The Balaban J connectivity index is 1.99. The molecule has 128 valence electrons. The number of allylic oxidation sites excluding steroid dienone is 2. The van der Waals surface area contributed by atoms with Gasteiger partial charge in [0, 0.05) is 0 Å². The monoisotopic (exact) mass is 306 g/mol. The summed E-state index contributed by atoms with van der Waals surface area (Å²) in [5, 5.41) is 9.92. The van der Waals surface area contributed by atoms with Gasteiger partial charge in [0.05, 0.1) is 5.60 Å². The van der Waals surface area contributed by atoms with Crippen molar-refractivity contribution in [3.63, 3.8) is 0 Å². The van der Waals surface area contributed by atoms with Gasteiger partial charge in [0.15, 0.2) is 0 Å². The summed E-state index contributed by atoms with van der Waals surface area (Å²) in [4.78, 5) is 0. The van der Waals surface area contributed by atoms with Crippen LogP contribution in [0.25, 0.3) is 0 Å². The molecule has 0 aromatic rings. The average Bonchev–Trinajstić information content (AvgIpc) is 2.75. The van der Waals surface area contributed by atoms with Crippen LogP contribution in [-0.2, 0) is 0 Å². The van der Waals surface area contributed by atoms with E-state index in [1.807, 2.05) is 13.8 Å². The average molecular weight is 307 g/mol. The molecule has 0 spiro atoms. The highest BCUT2D eigenvalue weighted by Gasteiger charge is 2.50. The minimum Gasteiger partial charge on any atom is -0.390 e. The summed E-state index contributed by atoms with van der Waals surface area (Å²) < 4.78 is 0. The SMILES string of the molecule is CC/C=C1\CCC[C@]2(C)[C@@H]([C@H](C)CCCC(C)(C)O)CC[C@@H]12. The van der Waals surface area contributed by atoms with Gasteiger partial charge < -0.3 is 5.11 Å². The minimum absolute atomic E-state index is 0.496. The molecule has 0 aromatic heterocycles.